The zero-order valence-electron chi connectivity index (χ0n) is 16.7. The standard InChI is InChI=1S/C22H28N5/c1-17(22-24(2)15-16-25(22)3)23-26(4)20-11-12-21(27-13-7-8-14-27)19-10-6-5-9-18(19)20/h5-6,9-12,15-16H,7-8,13-14H2,1-4H3/q+1. The molecule has 0 aliphatic carbocycles. The van der Waals surface area contributed by atoms with Crippen LogP contribution in [0.1, 0.15) is 25.6 Å². The van der Waals surface area contributed by atoms with Crippen LogP contribution in [0.25, 0.3) is 10.8 Å². The van der Waals surface area contributed by atoms with Crippen LogP contribution in [0.3, 0.4) is 0 Å². The van der Waals surface area contributed by atoms with Crippen LogP contribution in [-0.2, 0) is 14.1 Å². The number of imidazole rings is 1. The Morgan fingerprint density at radius 2 is 1.78 bits per heavy atom. The first-order valence-electron chi connectivity index (χ1n) is 9.63. The Balaban J connectivity index is 1.75. The van der Waals surface area contributed by atoms with E-state index < -0.39 is 0 Å². The smallest absolute Gasteiger partial charge is 0.304 e. The van der Waals surface area contributed by atoms with E-state index in [0.29, 0.717) is 0 Å². The number of benzene rings is 2. The third-order valence-corrected chi connectivity index (χ3v) is 5.48. The van der Waals surface area contributed by atoms with Crippen LogP contribution in [0.4, 0.5) is 11.4 Å². The lowest BCUT2D eigenvalue weighted by Crippen LogP contribution is -2.35. The molecule has 27 heavy (non-hydrogen) atoms. The van der Waals surface area contributed by atoms with Crippen molar-refractivity contribution in [3.8, 4) is 0 Å². The minimum atomic E-state index is 0.986. The molecule has 4 rings (SSSR count). The largest absolute Gasteiger partial charge is 0.371 e. The fraction of sp³-hybridized carbons (Fsp3) is 0.364. The quantitative estimate of drug-likeness (QED) is 0.404. The highest BCUT2D eigenvalue weighted by atomic mass is 15.4. The maximum atomic E-state index is 4.88. The zero-order chi connectivity index (χ0) is 19.0. The molecule has 0 unspecified atom stereocenters. The number of aryl methyl sites for hydroxylation is 2. The Kier molecular flexibility index (Phi) is 4.60. The van der Waals surface area contributed by atoms with Crippen molar-refractivity contribution >= 4 is 27.9 Å². The van der Waals surface area contributed by atoms with Crippen LogP contribution < -0.4 is 14.5 Å². The lowest BCUT2D eigenvalue weighted by molar-refractivity contribution is -0.672. The summed E-state index contributed by atoms with van der Waals surface area (Å²) in [5.74, 6) is 1.10. The van der Waals surface area contributed by atoms with Gasteiger partial charge in [0, 0.05) is 36.6 Å². The molecular formula is C22H28N5+. The zero-order valence-corrected chi connectivity index (χ0v) is 16.7. The Labute approximate surface area is 161 Å². The Morgan fingerprint density at radius 3 is 2.44 bits per heavy atom. The average molecular weight is 363 g/mol. The molecule has 1 aromatic heterocycles. The predicted molar refractivity (Wildman–Crippen MR) is 113 cm³/mol. The third kappa shape index (κ3) is 3.18. The Bertz CT molecular complexity index is 976. The van der Waals surface area contributed by atoms with Gasteiger partial charge in [-0.05, 0) is 31.9 Å². The van der Waals surface area contributed by atoms with Gasteiger partial charge in [-0.25, -0.2) is 9.13 Å². The summed E-state index contributed by atoms with van der Waals surface area (Å²) in [7, 11) is 6.13. The second-order valence-electron chi connectivity index (χ2n) is 7.40. The van der Waals surface area contributed by atoms with Crippen molar-refractivity contribution in [3.63, 3.8) is 0 Å². The van der Waals surface area contributed by atoms with Crippen molar-refractivity contribution < 1.29 is 4.57 Å². The maximum absolute atomic E-state index is 4.88. The molecule has 5 nitrogen and oxygen atoms in total. The van der Waals surface area contributed by atoms with Gasteiger partial charge in [-0.1, -0.05) is 24.3 Å². The Morgan fingerprint density at radius 1 is 1.07 bits per heavy atom. The fourth-order valence-corrected chi connectivity index (χ4v) is 4.21. The molecule has 0 amide bonds. The van der Waals surface area contributed by atoms with Crippen LogP contribution in [0.2, 0.25) is 0 Å². The number of anilines is 2. The summed E-state index contributed by atoms with van der Waals surface area (Å²) in [6, 6.07) is 13.1. The number of hydrogen-bond donors (Lipinski definition) is 0. The molecule has 0 radical (unpaired) electrons. The molecule has 2 heterocycles. The SMILES string of the molecule is C/C(=N\N(C)c1ccc(N2CCCC2)c2ccccc12)c1n(C)cc[n+]1C. The molecule has 3 aromatic rings. The molecule has 1 fully saturated rings. The number of rotatable bonds is 4. The van der Waals surface area contributed by atoms with Gasteiger partial charge in [0.2, 0.25) is 0 Å². The van der Waals surface area contributed by atoms with Crippen molar-refractivity contribution in [1.29, 1.82) is 0 Å². The molecule has 0 atom stereocenters. The van der Waals surface area contributed by atoms with Gasteiger partial charge < -0.3 is 4.90 Å². The van der Waals surface area contributed by atoms with E-state index in [2.05, 4.69) is 83.8 Å². The second kappa shape index (κ2) is 7.06. The maximum Gasteiger partial charge on any atom is 0.304 e. The highest BCUT2D eigenvalue weighted by molar-refractivity contribution is 6.03. The van der Waals surface area contributed by atoms with E-state index in [1.54, 1.807) is 0 Å². The molecule has 1 aliphatic rings. The lowest BCUT2D eigenvalue weighted by atomic mass is 10.1. The van der Waals surface area contributed by atoms with Crippen LogP contribution in [0.15, 0.2) is 53.9 Å². The van der Waals surface area contributed by atoms with Crippen LogP contribution in [0.5, 0.6) is 0 Å². The minimum absolute atomic E-state index is 0.986. The van der Waals surface area contributed by atoms with Gasteiger partial charge in [0.25, 0.3) is 0 Å². The average Bonchev–Trinajstić information content (AvgIpc) is 3.30. The van der Waals surface area contributed by atoms with Gasteiger partial charge in [0.1, 0.15) is 18.1 Å². The predicted octanol–water partition coefficient (Wildman–Crippen LogP) is 3.46. The van der Waals surface area contributed by atoms with Gasteiger partial charge >= 0.3 is 5.82 Å². The minimum Gasteiger partial charge on any atom is -0.371 e. The summed E-state index contributed by atoms with van der Waals surface area (Å²) < 4.78 is 4.20. The first-order valence-corrected chi connectivity index (χ1v) is 9.63. The highest BCUT2D eigenvalue weighted by Crippen LogP contribution is 2.35. The number of aromatic nitrogens is 2. The summed E-state index contributed by atoms with van der Waals surface area (Å²) in [5, 5.41) is 9.44. The monoisotopic (exact) mass is 362 g/mol. The second-order valence-corrected chi connectivity index (χ2v) is 7.40. The third-order valence-electron chi connectivity index (χ3n) is 5.48. The summed E-state index contributed by atoms with van der Waals surface area (Å²) in [6.45, 7) is 4.37. The molecule has 0 saturated carbocycles. The van der Waals surface area contributed by atoms with E-state index in [9.17, 15) is 0 Å². The normalized spacial score (nSPS) is 15.0. The van der Waals surface area contributed by atoms with Crippen molar-refractivity contribution in [1.82, 2.24) is 4.57 Å². The lowest BCUT2D eigenvalue weighted by Gasteiger charge is -2.23. The Hall–Kier alpha value is -2.82. The van der Waals surface area contributed by atoms with Crippen molar-refractivity contribution in [2.75, 3.05) is 30.0 Å². The number of hydrogen-bond acceptors (Lipinski definition) is 3. The van der Waals surface area contributed by atoms with E-state index in [1.807, 2.05) is 12.1 Å². The van der Waals surface area contributed by atoms with E-state index in [0.717, 1.165) is 30.3 Å². The summed E-state index contributed by atoms with van der Waals surface area (Å²) in [6.07, 6.45) is 6.67. The van der Waals surface area contributed by atoms with E-state index >= 15 is 0 Å². The fourth-order valence-electron chi connectivity index (χ4n) is 4.21. The highest BCUT2D eigenvalue weighted by Gasteiger charge is 2.19. The molecule has 5 heteroatoms. The van der Waals surface area contributed by atoms with Crippen LogP contribution >= 0.6 is 0 Å². The van der Waals surface area contributed by atoms with Gasteiger partial charge in [0.15, 0.2) is 0 Å². The molecule has 0 N–H and O–H groups in total. The van der Waals surface area contributed by atoms with E-state index in [1.165, 1.54) is 29.3 Å². The van der Waals surface area contributed by atoms with E-state index in [-0.39, 0.29) is 0 Å². The molecular weight excluding hydrogens is 334 g/mol. The molecule has 0 spiro atoms. The first-order chi connectivity index (χ1) is 13.1. The van der Waals surface area contributed by atoms with Crippen molar-refractivity contribution in [2.45, 2.75) is 19.8 Å². The molecule has 2 aromatic carbocycles. The van der Waals surface area contributed by atoms with Crippen LogP contribution in [-0.4, -0.2) is 30.4 Å². The van der Waals surface area contributed by atoms with Gasteiger partial charge in [-0.15, -0.1) is 0 Å². The number of fused-ring (bicyclic) bond motifs is 1. The van der Waals surface area contributed by atoms with E-state index in [4.69, 9.17) is 5.10 Å². The van der Waals surface area contributed by atoms with Gasteiger partial charge in [-0.2, -0.15) is 5.10 Å². The van der Waals surface area contributed by atoms with Gasteiger partial charge in [-0.3, -0.25) is 5.01 Å². The van der Waals surface area contributed by atoms with Crippen LogP contribution in [0, 0.1) is 0 Å². The molecule has 1 saturated heterocycles. The number of nitrogens with zero attached hydrogens (tertiary/aromatic N) is 5. The summed E-state index contributed by atoms with van der Waals surface area (Å²) >= 11 is 0. The topological polar surface area (TPSA) is 27.6 Å². The molecule has 140 valence electrons. The van der Waals surface area contributed by atoms with Crippen molar-refractivity contribution in [3.05, 3.63) is 54.6 Å². The number of hydrazone groups is 1. The first kappa shape index (κ1) is 17.6. The molecule has 1 aliphatic heterocycles. The molecule has 0 bridgehead atoms. The van der Waals surface area contributed by atoms with Crippen molar-refractivity contribution in [2.24, 2.45) is 19.2 Å². The summed E-state index contributed by atoms with van der Waals surface area (Å²) in [5.41, 5.74) is 3.46. The summed E-state index contributed by atoms with van der Waals surface area (Å²) in [4.78, 5) is 2.50. The van der Waals surface area contributed by atoms with Gasteiger partial charge in [0.05, 0.1) is 19.8 Å².